The molecule has 2 atom stereocenters. The van der Waals surface area contributed by atoms with Gasteiger partial charge < -0.3 is 20.5 Å². The molecule has 3 rings (SSSR count). The van der Waals surface area contributed by atoms with Gasteiger partial charge in [-0.05, 0) is 91.8 Å². The van der Waals surface area contributed by atoms with E-state index < -0.39 is 0 Å². The third kappa shape index (κ3) is 8.73. The van der Waals surface area contributed by atoms with Crippen LogP contribution in [0.15, 0.2) is 145 Å². The molecule has 0 bridgehead atoms. The van der Waals surface area contributed by atoms with Crippen molar-refractivity contribution in [3.05, 3.63) is 168 Å². The number of benzene rings is 1. The molecule has 4 heteroatoms. The highest BCUT2D eigenvalue weighted by molar-refractivity contribution is 5.69. The molecule has 4 nitrogen and oxygen atoms in total. The number of allylic oxidation sites excluding steroid dienone is 5. The van der Waals surface area contributed by atoms with Crippen LogP contribution in [0.1, 0.15) is 55.7 Å². The molecule has 2 aromatic rings. The van der Waals surface area contributed by atoms with Gasteiger partial charge in [-0.1, -0.05) is 100 Å². The van der Waals surface area contributed by atoms with E-state index in [9.17, 15) is 0 Å². The van der Waals surface area contributed by atoms with E-state index in [0.29, 0.717) is 13.1 Å². The average molecular weight is 611 g/mol. The lowest BCUT2D eigenvalue weighted by atomic mass is 9.86. The quantitative estimate of drug-likeness (QED) is 0.124. The highest BCUT2D eigenvalue weighted by atomic mass is 15.0. The summed E-state index contributed by atoms with van der Waals surface area (Å²) in [5.74, 6) is 2.76. The summed E-state index contributed by atoms with van der Waals surface area (Å²) >= 11 is 0. The number of hydrogen-bond acceptors (Lipinski definition) is 3. The molecule has 0 aliphatic heterocycles. The Morgan fingerprint density at radius 3 is 2.20 bits per heavy atom. The average Bonchev–Trinajstić information content (AvgIpc) is 3.39. The van der Waals surface area contributed by atoms with Gasteiger partial charge in [0.25, 0.3) is 0 Å². The Morgan fingerprint density at radius 2 is 1.65 bits per heavy atom. The Kier molecular flexibility index (Phi) is 12.5. The van der Waals surface area contributed by atoms with E-state index in [-0.39, 0.29) is 12.0 Å². The van der Waals surface area contributed by atoms with Gasteiger partial charge in [0.05, 0.1) is 17.3 Å². The molecule has 2 unspecified atom stereocenters. The van der Waals surface area contributed by atoms with Crippen molar-refractivity contribution in [1.29, 1.82) is 0 Å². The normalized spacial score (nSPS) is 15.8. The van der Waals surface area contributed by atoms with E-state index in [2.05, 4.69) is 143 Å². The second-order valence-corrected chi connectivity index (χ2v) is 11.7. The molecule has 0 spiro atoms. The van der Waals surface area contributed by atoms with E-state index in [1.807, 2.05) is 24.3 Å². The van der Waals surface area contributed by atoms with Crippen LogP contribution >= 0.6 is 0 Å². The first-order valence-corrected chi connectivity index (χ1v) is 15.7. The highest BCUT2D eigenvalue weighted by Crippen LogP contribution is 2.29. The predicted octanol–water partition coefficient (Wildman–Crippen LogP) is 9.24. The number of nitrogens with zero attached hydrogens (tertiary/aromatic N) is 1. The minimum absolute atomic E-state index is 0.0220. The third-order valence-electron chi connectivity index (χ3n) is 8.49. The van der Waals surface area contributed by atoms with Gasteiger partial charge in [0, 0.05) is 41.9 Å². The van der Waals surface area contributed by atoms with Gasteiger partial charge in [0.1, 0.15) is 0 Å². The molecular formula is C42H50N4. The van der Waals surface area contributed by atoms with Gasteiger partial charge in [0.15, 0.2) is 0 Å². The Morgan fingerprint density at radius 1 is 1.00 bits per heavy atom. The first-order valence-electron chi connectivity index (χ1n) is 15.7. The number of hydrogen-bond donors (Lipinski definition) is 3. The Bertz CT molecular complexity index is 1670. The summed E-state index contributed by atoms with van der Waals surface area (Å²) in [5, 5.41) is 10.6. The van der Waals surface area contributed by atoms with Gasteiger partial charge in [0.2, 0.25) is 0 Å². The zero-order valence-electron chi connectivity index (χ0n) is 28.4. The summed E-state index contributed by atoms with van der Waals surface area (Å²) in [6.07, 6.45) is 16.5. The van der Waals surface area contributed by atoms with Crippen molar-refractivity contribution < 1.29 is 0 Å². The minimum Gasteiger partial charge on any atom is -0.381 e. The molecule has 0 radical (unpaired) electrons. The molecule has 1 heterocycles. The van der Waals surface area contributed by atoms with E-state index in [0.717, 1.165) is 68.4 Å². The largest absolute Gasteiger partial charge is 0.381 e. The van der Waals surface area contributed by atoms with E-state index in [1.54, 1.807) is 0 Å². The lowest BCUT2D eigenvalue weighted by molar-refractivity contribution is 0.663. The van der Waals surface area contributed by atoms with Gasteiger partial charge in [-0.3, -0.25) is 0 Å². The van der Waals surface area contributed by atoms with Crippen LogP contribution in [0.25, 0.3) is 11.8 Å². The summed E-state index contributed by atoms with van der Waals surface area (Å²) in [5.41, 5.74) is 13.2. The Balaban J connectivity index is 1.79. The summed E-state index contributed by atoms with van der Waals surface area (Å²) in [7, 11) is 0. The monoisotopic (exact) mass is 610 g/mol. The maximum atomic E-state index is 5.57. The summed E-state index contributed by atoms with van der Waals surface area (Å²) in [6, 6.07) is 12.6. The fourth-order valence-corrected chi connectivity index (χ4v) is 5.16. The van der Waals surface area contributed by atoms with Crippen molar-refractivity contribution in [3.8, 4) is 12.3 Å². The molecule has 46 heavy (non-hydrogen) atoms. The van der Waals surface area contributed by atoms with Crippen molar-refractivity contribution in [1.82, 2.24) is 20.5 Å². The smallest absolute Gasteiger partial charge is 0.0687 e. The molecule has 0 saturated carbocycles. The molecule has 0 amide bonds. The lowest BCUT2D eigenvalue weighted by Crippen LogP contribution is -2.27. The summed E-state index contributed by atoms with van der Waals surface area (Å²) in [4.78, 5) is 0. The fourth-order valence-electron chi connectivity index (χ4n) is 5.16. The molecule has 1 aromatic carbocycles. The molecule has 1 aliphatic rings. The summed E-state index contributed by atoms with van der Waals surface area (Å²) in [6.45, 7) is 37.0. The van der Waals surface area contributed by atoms with Gasteiger partial charge in [-0.2, -0.15) is 0 Å². The van der Waals surface area contributed by atoms with Crippen LogP contribution in [-0.4, -0.2) is 17.7 Å². The maximum Gasteiger partial charge on any atom is 0.0687 e. The second-order valence-electron chi connectivity index (χ2n) is 11.7. The molecule has 3 N–H and O–H groups in total. The molecule has 0 saturated heterocycles. The first-order chi connectivity index (χ1) is 21.9. The molecule has 0 fully saturated rings. The topological polar surface area (TPSA) is 41.0 Å². The molecular weight excluding hydrogens is 560 g/mol. The Labute approximate surface area is 277 Å². The number of rotatable bonds is 17. The fraction of sp³-hybridized carbons (Fsp3) is 0.238. The van der Waals surface area contributed by atoms with Crippen molar-refractivity contribution in [3.63, 3.8) is 0 Å². The van der Waals surface area contributed by atoms with E-state index in [4.69, 9.17) is 6.42 Å². The van der Waals surface area contributed by atoms with Crippen LogP contribution in [0.5, 0.6) is 0 Å². The van der Waals surface area contributed by atoms with Crippen molar-refractivity contribution >= 4 is 11.8 Å². The standard InChI is InChI=1S/C42H50N4/c1-13-28(5)40(27-44-41-25-38(16-4)32(41)9)24-37(15-3)26-43-35(12)42(46-30(7)17-18-31(46)8)23-29(6)33(10)45-34(11)39-21-19-36(14-2)20-22-39/h4,14-15,17-25,34,38,43-45H,2-3,6,9-10,12-13,26-27H2,1,5,7-8,11H3/b37-24+,40-28+,42-23-. The van der Waals surface area contributed by atoms with Crippen LogP contribution in [0.4, 0.5) is 0 Å². The van der Waals surface area contributed by atoms with E-state index >= 15 is 0 Å². The minimum atomic E-state index is 0.0220. The van der Waals surface area contributed by atoms with Crippen molar-refractivity contribution in [2.75, 3.05) is 13.1 Å². The number of terminal acetylenes is 1. The first kappa shape index (κ1) is 35.3. The van der Waals surface area contributed by atoms with Crippen molar-refractivity contribution in [2.45, 2.75) is 47.1 Å². The number of nitrogens with one attached hydrogen (secondary N) is 3. The second kappa shape index (κ2) is 16.3. The van der Waals surface area contributed by atoms with Crippen LogP contribution < -0.4 is 16.0 Å². The summed E-state index contributed by atoms with van der Waals surface area (Å²) < 4.78 is 2.18. The van der Waals surface area contributed by atoms with Crippen LogP contribution in [-0.2, 0) is 0 Å². The van der Waals surface area contributed by atoms with E-state index in [1.165, 1.54) is 11.1 Å². The molecule has 1 aliphatic carbocycles. The number of aromatic nitrogens is 1. The highest BCUT2D eigenvalue weighted by Gasteiger charge is 2.22. The molecule has 1 aromatic heterocycles. The maximum absolute atomic E-state index is 5.57. The van der Waals surface area contributed by atoms with Crippen LogP contribution in [0.3, 0.4) is 0 Å². The Hall–Kier alpha value is -5.14. The zero-order valence-corrected chi connectivity index (χ0v) is 28.4. The van der Waals surface area contributed by atoms with Crippen LogP contribution in [0.2, 0.25) is 0 Å². The van der Waals surface area contributed by atoms with Gasteiger partial charge in [-0.15, -0.1) is 6.42 Å². The lowest BCUT2D eigenvalue weighted by Gasteiger charge is -2.26. The zero-order chi connectivity index (χ0) is 34.0. The van der Waals surface area contributed by atoms with Crippen LogP contribution in [0, 0.1) is 32.1 Å². The molecule has 238 valence electrons. The van der Waals surface area contributed by atoms with Gasteiger partial charge in [-0.25, -0.2) is 0 Å². The van der Waals surface area contributed by atoms with Crippen molar-refractivity contribution in [2.24, 2.45) is 5.92 Å². The SMILES string of the molecule is C#CC1C=C(NCC(/C=C(\C=C)CNC(=C)/C(=C/C(=C)C(=C)NC(C)c2ccc(C=C)cc2)n2c(C)ccc2C)=C(\C)CC)C1=C. The predicted molar refractivity (Wildman–Crippen MR) is 201 cm³/mol. The third-order valence-corrected chi connectivity index (χ3v) is 8.49. The number of aryl methyl sites for hydroxylation is 2. The van der Waals surface area contributed by atoms with Gasteiger partial charge >= 0.3 is 0 Å².